The number of nitro benzene ring substituents is 1. The standard InChI is InChI=1S/C14H18ClN3O2/c1-8-4-14(18(19)20)12(15)7-13(8)17-10-2-3-11(17)6-9(16)5-10/h4,7,9-11H,2-3,5-6,16H2,1H3. The monoisotopic (exact) mass is 295 g/mol. The van der Waals surface area contributed by atoms with Gasteiger partial charge in [-0.25, -0.2) is 0 Å². The highest BCUT2D eigenvalue weighted by Crippen LogP contribution is 2.42. The molecule has 0 aliphatic carbocycles. The second kappa shape index (κ2) is 4.90. The van der Waals surface area contributed by atoms with Crippen LogP contribution in [0.1, 0.15) is 31.2 Å². The predicted molar refractivity (Wildman–Crippen MR) is 79.3 cm³/mol. The van der Waals surface area contributed by atoms with E-state index >= 15 is 0 Å². The number of hydrogen-bond acceptors (Lipinski definition) is 4. The van der Waals surface area contributed by atoms with Crippen molar-refractivity contribution >= 4 is 23.0 Å². The number of piperidine rings is 1. The number of nitrogens with two attached hydrogens (primary N) is 1. The highest BCUT2D eigenvalue weighted by molar-refractivity contribution is 6.33. The molecule has 2 bridgehead atoms. The van der Waals surface area contributed by atoms with Crippen molar-refractivity contribution in [3.8, 4) is 0 Å². The predicted octanol–water partition coefficient (Wildman–Crippen LogP) is 3.02. The maximum absolute atomic E-state index is 10.9. The molecule has 20 heavy (non-hydrogen) atoms. The molecule has 0 aromatic heterocycles. The number of halogens is 1. The molecule has 2 N–H and O–H groups in total. The quantitative estimate of drug-likeness (QED) is 0.672. The summed E-state index contributed by atoms with van der Waals surface area (Å²) in [5.74, 6) is 0. The van der Waals surface area contributed by atoms with E-state index in [0.29, 0.717) is 12.1 Å². The second-order valence-corrected chi connectivity index (χ2v) is 6.28. The summed E-state index contributed by atoms with van der Waals surface area (Å²) in [4.78, 5) is 12.9. The number of anilines is 1. The highest BCUT2D eigenvalue weighted by Gasteiger charge is 2.40. The minimum absolute atomic E-state index is 0.0195. The van der Waals surface area contributed by atoms with Crippen molar-refractivity contribution in [3.05, 3.63) is 32.8 Å². The molecule has 1 aromatic rings. The number of fused-ring (bicyclic) bond motifs is 2. The molecule has 1 aromatic carbocycles. The van der Waals surface area contributed by atoms with Crippen molar-refractivity contribution in [3.63, 3.8) is 0 Å². The van der Waals surface area contributed by atoms with Gasteiger partial charge in [0.05, 0.1) is 4.92 Å². The van der Waals surface area contributed by atoms with Gasteiger partial charge in [-0.15, -0.1) is 0 Å². The van der Waals surface area contributed by atoms with E-state index in [1.54, 1.807) is 12.1 Å². The van der Waals surface area contributed by atoms with Crippen LogP contribution >= 0.6 is 11.6 Å². The lowest BCUT2D eigenvalue weighted by Gasteiger charge is -2.40. The van der Waals surface area contributed by atoms with Crippen molar-refractivity contribution in [1.82, 2.24) is 0 Å². The van der Waals surface area contributed by atoms with Crippen LogP contribution < -0.4 is 10.6 Å². The van der Waals surface area contributed by atoms with Crippen LogP contribution in [0.5, 0.6) is 0 Å². The molecule has 2 aliphatic rings. The Balaban J connectivity index is 1.99. The molecule has 6 heteroatoms. The molecule has 2 unspecified atom stereocenters. The summed E-state index contributed by atoms with van der Waals surface area (Å²) in [6.45, 7) is 1.91. The van der Waals surface area contributed by atoms with E-state index in [1.807, 2.05) is 6.92 Å². The SMILES string of the molecule is Cc1cc([N+](=O)[O-])c(Cl)cc1N1C2CCC1CC(N)C2. The smallest absolute Gasteiger partial charge is 0.288 e. The van der Waals surface area contributed by atoms with Gasteiger partial charge in [-0.3, -0.25) is 10.1 Å². The van der Waals surface area contributed by atoms with Gasteiger partial charge >= 0.3 is 0 Å². The summed E-state index contributed by atoms with van der Waals surface area (Å²) >= 11 is 6.07. The van der Waals surface area contributed by atoms with Gasteiger partial charge in [0, 0.05) is 29.9 Å². The van der Waals surface area contributed by atoms with E-state index in [9.17, 15) is 10.1 Å². The van der Waals surface area contributed by atoms with Gasteiger partial charge in [0.1, 0.15) is 5.02 Å². The van der Waals surface area contributed by atoms with Crippen molar-refractivity contribution in [1.29, 1.82) is 0 Å². The van der Waals surface area contributed by atoms with E-state index < -0.39 is 4.92 Å². The van der Waals surface area contributed by atoms with Gasteiger partial charge in [-0.1, -0.05) is 11.6 Å². The van der Waals surface area contributed by atoms with Crippen LogP contribution in [0.3, 0.4) is 0 Å². The molecule has 3 rings (SSSR count). The van der Waals surface area contributed by atoms with Gasteiger partial charge < -0.3 is 10.6 Å². The van der Waals surface area contributed by atoms with Crippen LogP contribution in [0.2, 0.25) is 5.02 Å². The third-order valence-corrected chi connectivity index (χ3v) is 4.81. The van der Waals surface area contributed by atoms with Crippen LogP contribution in [0.4, 0.5) is 11.4 Å². The first kappa shape index (κ1) is 13.6. The maximum atomic E-state index is 10.9. The Morgan fingerprint density at radius 2 is 1.95 bits per heavy atom. The first-order valence-electron chi connectivity index (χ1n) is 6.96. The Hall–Kier alpha value is -1.33. The molecular formula is C14H18ClN3O2. The molecule has 0 radical (unpaired) electrons. The Labute approximate surface area is 122 Å². The zero-order chi connectivity index (χ0) is 14.4. The molecule has 2 atom stereocenters. The zero-order valence-electron chi connectivity index (χ0n) is 11.4. The lowest BCUT2D eigenvalue weighted by molar-refractivity contribution is -0.384. The molecule has 0 amide bonds. The highest BCUT2D eigenvalue weighted by atomic mass is 35.5. The Bertz CT molecular complexity index is 550. The number of benzene rings is 1. The van der Waals surface area contributed by atoms with Gasteiger partial charge in [0.2, 0.25) is 0 Å². The Morgan fingerprint density at radius 1 is 1.35 bits per heavy atom. The lowest BCUT2D eigenvalue weighted by Crippen LogP contribution is -2.47. The zero-order valence-corrected chi connectivity index (χ0v) is 12.1. The minimum atomic E-state index is -0.431. The van der Waals surface area contributed by atoms with Crippen molar-refractivity contribution in [2.24, 2.45) is 5.73 Å². The third-order valence-electron chi connectivity index (χ3n) is 4.51. The number of aryl methyl sites for hydroxylation is 1. The van der Waals surface area contributed by atoms with Gasteiger partial charge in [-0.2, -0.15) is 0 Å². The number of hydrogen-bond donors (Lipinski definition) is 1. The minimum Gasteiger partial charge on any atom is -0.365 e. The molecule has 2 fully saturated rings. The third kappa shape index (κ3) is 2.15. The lowest BCUT2D eigenvalue weighted by atomic mass is 9.96. The van der Waals surface area contributed by atoms with Gasteiger partial charge in [0.15, 0.2) is 0 Å². The average molecular weight is 296 g/mol. The van der Waals surface area contributed by atoms with E-state index in [4.69, 9.17) is 17.3 Å². The van der Waals surface area contributed by atoms with Gasteiger partial charge in [0.25, 0.3) is 5.69 Å². The summed E-state index contributed by atoms with van der Waals surface area (Å²) in [5, 5.41) is 11.1. The molecule has 2 heterocycles. The van der Waals surface area contributed by atoms with Crippen molar-refractivity contribution < 1.29 is 4.92 Å². The summed E-state index contributed by atoms with van der Waals surface area (Å²) < 4.78 is 0. The van der Waals surface area contributed by atoms with E-state index in [1.165, 1.54) is 0 Å². The van der Waals surface area contributed by atoms with Crippen molar-refractivity contribution in [2.45, 2.75) is 50.7 Å². The summed E-state index contributed by atoms with van der Waals surface area (Å²) in [6, 6.07) is 4.49. The number of rotatable bonds is 2. The summed E-state index contributed by atoms with van der Waals surface area (Å²) in [6.07, 6.45) is 4.27. The Morgan fingerprint density at radius 3 is 2.50 bits per heavy atom. The average Bonchev–Trinajstić information content (AvgIpc) is 2.63. The first-order valence-corrected chi connectivity index (χ1v) is 7.33. The normalized spacial score (nSPS) is 28.8. The largest absolute Gasteiger partial charge is 0.365 e. The fraction of sp³-hybridized carbons (Fsp3) is 0.571. The maximum Gasteiger partial charge on any atom is 0.288 e. The summed E-state index contributed by atoms with van der Waals surface area (Å²) in [5.41, 5.74) is 8.00. The van der Waals surface area contributed by atoms with E-state index in [2.05, 4.69) is 4.90 Å². The first-order chi connectivity index (χ1) is 9.47. The van der Waals surface area contributed by atoms with Crippen LogP contribution in [-0.4, -0.2) is 23.0 Å². The molecule has 2 aliphatic heterocycles. The molecule has 2 saturated heterocycles. The van der Waals surface area contributed by atoms with Crippen molar-refractivity contribution in [2.75, 3.05) is 4.90 Å². The number of nitrogens with zero attached hydrogens (tertiary/aromatic N) is 2. The molecule has 0 saturated carbocycles. The van der Waals surface area contributed by atoms with Gasteiger partial charge in [-0.05, 0) is 44.2 Å². The second-order valence-electron chi connectivity index (χ2n) is 5.87. The molecule has 5 nitrogen and oxygen atoms in total. The molecule has 108 valence electrons. The van der Waals surface area contributed by atoms with Crippen LogP contribution in [0.15, 0.2) is 12.1 Å². The van der Waals surface area contributed by atoms with Crippen LogP contribution in [0, 0.1) is 17.0 Å². The molecule has 0 spiro atoms. The Kier molecular flexibility index (Phi) is 3.34. The number of nitro groups is 1. The molecular weight excluding hydrogens is 278 g/mol. The fourth-order valence-electron chi connectivity index (χ4n) is 3.69. The topological polar surface area (TPSA) is 72.4 Å². The van der Waals surface area contributed by atoms with Crippen LogP contribution in [0.25, 0.3) is 0 Å². The summed E-state index contributed by atoms with van der Waals surface area (Å²) in [7, 11) is 0. The fourth-order valence-corrected chi connectivity index (χ4v) is 3.91. The van der Waals surface area contributed by atoms with Crippen LogP contribution in [-0.2, 0) is 0 Å². The van der Waals surface area contributed by atoms with E-state index in [0.717, 1.165) is 36.9 Å². The van der Waals surface area contributed by atoms with E-state index in [-0.39, 0.29) is 16.8 Å².